The van der Waals surface area contributed by atoms with Gasteiger partial charge in [-0.3, -0.25) is 87.4 Å². The second-order valence-electron chi connectivity index (χ2n) is 38.8. The van der Waals surface area contributed by atoms with Crippen molar-refractivity contribution in [1.82, 2.24) is 93.5 Å². The van der Waals surface area contributed by atoms with Gasteiger partial charge >= 0.3 is 53.8 Å². The van der Waals surface area contributed by atoms with E-state index in [9.17, 15) is 84.0 Å². The number of rotatable bonds is 51. The van der Waals surface area contributed by atoms with Crippen LogP contribution in [0.15, 0.2) is 0 Å². The predicted octanol–water partition coefficient (Wildman–Crippen LogP) is 1.79. The molecule has 6 saturated heterocycles. The number of amides is 1. The van der Waals surface area contributed by atoms with Crippen LogP contribution in [-0.2, 0) is 43.1 Å². The van der Waals surface area contributed by atoms with E-state index in [-0.39, 0.29) is 106 Å². The lowest BCUT2D eigenvalue weighted by molar-refractivity contribution is -0.149. The van der Waals surface area contributed by atoms with Crippen molar-refractivity contribution in [3.63, 3.8) is 0 Å². The van der Waals surface area contributed by atoms with Crippen LogP contribution < -0.4 is 16.8 Å². The van der Waals surface area contributed by atoms with Gasteiger partial charge in [-0.2, -0.15) is 0 Å². The summed E-state index contributed by atoms with van der Waals surface area (Å²) in [5.41, 5.74) is 10.3. The first-order valence-electron chi connectivity index (χ1n) is 49.2. The molecule has 6 fully saturated rings. The van der Waals surface area contributed by atoms with E-state index < -0.39 is 123 Å². The van der Waals surface area contributed by atoms with Crippen LogP contribution in [0.3, 0.4) is 0 Å². The maximum atomic E-state index is 13.6. The molecule has 0 saturated carbocycles. The van der Waals surface area contributed by atoms with Crippen molar-refractivity contribution in [2.45, 2.75) is 227 Å². The summed E-state index contributed by atoms with van der Waals surface area (Å²) in [4.78, 5) is 149. The second kappa shape index (κ2) is 56.8. The van der Waals surface area contributed by atoms with Crippen LogP contribution in [0.2, 0.25) is 0 Å². The van der Waals surface area contributed by atoms with Gasteiger partial charge in [-0.05, 0) is 164 Å². The van der Waals surface area contributed by atoms with Gasteiger partial charge in [0.15, 0.2) is 0 Å². The largest absolute Gasteiger partial charge is 0.480 e. The molecule has 13 N–H and O–H groups in total. The minimum atomic E-state index is -1.70. The number of hydrogen-bond donors (Lipinski definition) is 11. The van der Waals surface area contributed by atoms with Crippen molar-refractivity contribution in [1.29, 1.82) is 0 Å². The first kappa shape index (κ1) is 118. The monoisotopic (exact) mass is 1870 g/mol. The molecule has 0 radical (unpaired) electrons. The van der Waals surface area contributed by atoms with Crippen LogP contribution in [0.25, 0.3) is 0 Å². The number of nitrogens with one attached hydrogen (secondary N) is 1. The second-order valence-corrected chi connectivity index (χ2v) is 38.8. The lowest BCUT2D eigenvalue weighted by atomic mass is 9.80. The summed E-state index contributed by atoms with van der Waals surface area (Å²) in [6, 6.07) is -1.10. The molecule has 0 aliphatic carbocycles. The van der Waals surface area contributed by atoms with Gasteiger partial charge in [-0.25, -0.2) is 4.79 Å². The van der Waals surface area contributed by atoms with E-state index in [1.807, 2.05) is 20.8 Å². The standard InChI is InChI=1S/C34H71N7O2.C29H47N7O16.C29H63N7/c1-12-36-20-21-37(13-2)27-33(26-36,40(16-5)17-6)24-30(35-31(42)43-32(9,10)11)25-34(41(18-7)19-8)28-38(14-3)22-23-39(15-4)29-34;30-19(5-28(35(11-24(45)46)12-25(47)48)15-31(7-20(37)38)1-2-32(16-28)8-21(39)40)6-29(36(13-26(49)50)14-27(51)52)17-33(9-22(41)42)3-4-34(18-29)10-23(43)44;1-9-31-17-18-32(10-2)24-28(23-31,35(13-5)14-6)21-27(30)22-29(36(15-7)16-8)25-33(11-3)19-20-34(12-4)26-29/h30H,12-29H2,1-11H3,(H,35,42);19H,1-18,30H2,(H,37,38)(H,39,40)(H,41,42)(H,43,44)(H,45,46)(H,47,48)(H,49,50)(H,51,52);27H,9-26,30H2,1-8H3. The Balaban J connectivity index is 0.000000418. The molecular formula is C92H181N21O18. The van der Waals surface area contributed by atoms with E-state index in [2.05, 4.69) is 175 Å². The Kier molecular flexibility index (Phi) is 51.0. The molecule has 0 spiro atoms. The van der Waals surface area contributed by atoms with Gasteiger partial charge in [0.1, 0.15) is 5.60 Å². The lowest BCUT2D eigenvalue weighted by Crippen LogP contribution is -2.66. The normalized spacial score (nSPS) is 20.8. The number of carboxylic acid groups (broad SMARTS) is 8. The van der Waals surface area contributed by atoms with Gasteiger partial charge in [0.2, 0.25) is 0 Å². The summed E-state index contributed by atoms with van der Waals surface area (Å²) in [5.74, 6) is -11.1. The van der Waals surface area contributed by atoms with Gasteiger partial charge in [-0.1, -0.05) is 111 Å². The van der Waals surface area contributed by atoms with Gasteiger partial charge < -0.3 is 102 Å². The zero-order chi connectivity index (χ0) is 98.4. The van der Waals surface area contributed by atoms with E-state index in [1.54, 1.807) is 0 Å². The first-order valence-corrected chi connectivity index (χ1v) is 49.2. The van der Waals surface area contributed by atoms with Crippen LogP contribution in [0.1, 0.15) is 170 Å². The van der Waals surface area contributed by atoms with E-state index in [4.69, 9.17) is 16.2 Å². The summed E-state index contributed by atoms with van der Waals surface area (Å²) in [6.07, 6.45) is 2.90. The maximum absolute atomic E-state index is 13.6. The minimum Gasteiger partial charge on any atom is -0.480 e. The van der Waals surface area contributed by atoms with E-state index in [1.165, 1.54) is 45.8 Å². The highest BCUT2D eigenvalue weighted by molar-refractivity contribution is 5.74. The lowest BCUT2D eigenvalue weighted by Gasteiger charge is -2.51. The smallest absolute Gasteiger partial charge is 0.407 e. The molecule has 0 bridgehead atoms. The van der Waals surface area contributed by atoms with Gasteiger partial charge in [-0.15, -0.1) is 0 Å². The molecule has 0 aromatic rings. The number of nitrogens with zero attached hydrogens (tertiary/aromatic N) is 18. The first-order chi connectivity index (χ1) is 61.8. The fourth-order valence-corrected chi connectivity index (χ4v) is 22.8. The molecule has 0 aromatic heterocycles. The SMILES string of the molecule is CCN1CCN(CC)CC(CC(CC2(N(CC)CC)CN(CC)CCN(CC)C2)NC(=O)OC(C)(C)C)(N(CC)CC)C1.CCN1CCN(CC)CC(CC(N)CC2(N(CC)CC)CN(CC)CCN(CC)C2)(N(CC)CC)C1.NC(CC1(N(CC(=O)O)CC(=O)O)CN(CC(=O)O)CCN(CC(=O)O)C1)CC1(N(CC(=O)O)CC(=O)O)CN(CC(=O)O)CCN(CC(=O)O)C1. The van der Waals surface area contributed by atoms with Crippen molar-refractivity contribution in [2.75, 3.05) is 314 Å². The fraction of sp³-hybridized carbons (Fsp3) is 0.902. The number of carbonyl (C=O) groups excluding carboxylic acids is 1. The van der Waals surface area contributed by atoms with Crippen LogP contribution >= 0.6 is 0 Å². The molecule has 39 nitrogen and oxygen atoms in total. The summed E-state index contributed by atoms with van der Waals surface area (Å²) >= 11 is 0. The van der Waals surface area contributed by atoms with E-state index in [0.717, 1.165) is 219 Å². The Morgan fingerprint density at radius 3 is 0.588 bits per heavy atom. The molecule has 0 atom stereocenters. The molecule has 131 heavy (non-hydrogen) atoms. The Morgan fingerprint density at radius 2 is 0.435 bits per heavy atom. The molecule has 1 amide bonds. The maximum Gasteiger partial charge on any atom is 0.407 e. The van der Waals surface area contributed by atoms with Crippen molar-refractivity contribution >= 4 is 53.8 Å². The number of carbonyl (C=O) groups is 9. The third kappa shape index (κ3) is 37.2. The number of aliphatic carboxylic acids is 8. The molecule has 6 aliphatic rings. The highest BCUT2D eigenvalue weighted by Crippen LogP contribution is 2.39. The van der Waals surface area contributed by atoms with E-state index >= 15 is 0 Å². The highest BCUT2D eigenvalue weighted by atomic mass is 16.6. The van der Waals surface area contributed by atoms with Gasteiger partial charge in [0.05, 0.1) is 52.4 Å². The van der Waals surface area contributed by atoms with Crippen LogP contribution in [0.4, 0.5) is 4.79 Å². The van der Waals surface area contributed by atoms with Crippen LogP contribution in [-0.4, -0.2) is 554 Å². The summed E-state index contributed by atoms with van der Waals surface area (Å²) in [7, 11) is 0. The quantitative estimate of drug-likeness (QED) is 0.0413. The Hall–Kier alpha value is -5.77. The molecule has 6 aliphatic heterocycles. The summed E-state index contributed by atoms with van der Waals surface area (Å²) in [5, 5.41) is 81.4. The Bertz CT molecular complexity index is 3070. The third-order valence-corrected chi connectivity index (χ3v) is 28.5. The van der Waals surface area contributed by atoms with E-state index in [0.29, 0.717) is 0 Å². The molecule has 762 valence electrons. The molecular weight excluding hydrogens is 1690 g/mol. The van der Waals surface area contributed by atoms with Crippen molar-refractivity contribution in [3.05, 3.63) is 0 Å². The zero-order valence-electron chi connectivity index (χ0n) is 84.3. The number of alkyl carbamates (subject to hydrolysis) is 1. The average Bonchev–Trinajstić information content (AvgIpc) is 1.75. The predicted molar refractivity (Wildman–Crippen MR) is 512 cm³/mol. The van der Waals surface area contributed by atoms with Crippen molar-refractivity contribution in [2.24, 2.45) is 11.5 Å². The van der Waals surface area contributed by atoms with Crippen LogP contribution in [0, 0.1) is 0 Å². The highest BCUT2D eigenvalue weighted by Gasteiger charge is 2.53. The number of likely N-dealkylation sites (N-methyl/N-ethyl adjacent to an activating group) is 12. The number of carboxylic acids is 8. The topological polar surface area (TPSA) is 447 Å². The minimum absolute atomic E-state index is 0.0201. The molecule has 6 rings (SSSR count). The zero-order valence-corrected chi connectivity index (χ0v) is 84.3. The number of nitrogens with two attached hydrogens (primary N) is 2. The number of hydrogen-bond acceptors (Lipinski definition) is 30. The fourth-order valence-electron chi connectivity index (χ4n) is 22.8. The molecule has 0 unspecified atom stereocenters. The molecule has 0 aromatic carbocycles. The Morgan fingerprint density at radius 1 is 0.275 bits per heavy atom. The molecule has 6 heterocycles. The van der Waals surface area contributed by atoms with Crippen molar-refractivity contribution < 1.29 is 88.7 Å². The van der Waals surface area contributed by atoms with Crippen molar-refractivity contribution in [3.8, 4) is 0 Å². The third-order valence-electron chi connectivity index (χ3n) is 28.5. The summed E-state index contributed by atoms with van der Waals surface area (Å²) < 4.78 is 5.94. The molecule has 39 heteroatoms. The van der Waals surface area contributed by atoms with Gasteiger partial charge in [0.25, 0.3) is 0 Å². The average molecular weight is 1870 g/mol. The van der Waals surface area contributed by atoms with Gasteiger partial charge in [0, 0.05) is 208 Å². The summed E-state index contributed by atoms with van der Waals surface area (Å²) in [6.45, 7) is 70.3. The number of ether oxygens (including phenoxy) is 1. The van der Waals surface area contributed by atoms with Crippen LogP contribution in [0.5, 0.6) is 0 Å². The Labute approximate surface area is 785 Å².